The molecule has 0 N–H and O–H groups in total. The zero-order valence-electron chi connectivity index (χ0n) is 36.2. The Morgan fingerprint density at radius 1 is 0.686 bits per heavy atom. The fourth-order valence-electron chi connectivity index (χ4n) is 3.44. The molecule has 0 aromatic rings. The van der Waals surface area contributed by atoms with Gasteiger partial charge in [-0.2, -0.15) is 22.0 Å². The second-order valence-electron chi connectivity index (χ2n) is 12.2. The second-order valence-corrected chi connectivity index (χ2v) is 13.1. The van der Waals surface area contributed by atoms with Gasteiger partial charge in [-0.3, -0.25) is 20.0 Å². The van der Waals surface area contributed by atoms with Crippen LogP contribution in [0.5, 0.6) is 0 Å². The van der Waals surface area contributed by atoms with E-state index in [-0.39, 0.29) is 0 Å². The summed E-state index contributed by atoms with van der Waals surface area (Å²) >= 11 is 1.75. The molecule has 8 nitrogen and oxygen atoms in total. The molecule has 5 aliphatic rings. The maximum absolute atomic E-state index is 4.25. The molecule has 292 valence electrons. The number of methoxy groups -OCH3 is 1. The van der Waals surface area contributed by atoms with Gasteiger partial charge in [-0.05, 0) is 119 Å². The normalized spacial score (nSPS) is 15.2. The van der Waals surface area contributed by atoms with E-state index >= 15 is 0 Å². The summed E-state index contributed by atoms with van der Waals surface area (Å²) in [5, 5.41) is 7.83. The highest BCUT2D eigenvalue weighted by atomic mass is 32.2. The van der Waals surface area contributed by atoms with Crippen LogP contribution in [0.15, 0.2) is 94.9 Å². The first-order valence-corrected chi connectivity index (χ1v) is 19.2. The zero-order chi connectivity index (χ0) is 40.6. The molecule has 0 unspecified atom stereocenters. The van der Waals surface area contributed by atoms with Crippen molar-refractivity contribution in [1.29, 1.82) is 0 Å². The van der Waals surface area contributed by atoms with E-state index in [1.807, 2.05) is 87.2 Å². The minimum atomic E-state index is 1.06. The summed E-state index contributed by atoms with van der Waals surface area (Å²) in [6.07, 6.45) is 21.7. The minimum absolute atomic E-state index is 1.06. The highest BCUT2D eigenvalue weighted by Crippen LogP contribution is 2.10. The molecule has 0 radical (unpaired) electrons. The van der Waals surface area contributed by atoms with Gasteiger partial charge >= 0.3 is 0 Å². The van der Waals surface area contributed by atoms with Gasteiger partial charge in [0.25, 0.3) is 0 Å². The molecular weight excluding hydrogens is 651 g/mol. The van der Waals surface area contributed by atoms with Crippen LogP contribution in [-0.4, -0.2) is 74.8 Å². The predicted octanol–water partition coefficient (Wildman–Crippen LogP) is 12.8. The molecule has 0 saturated heterocycles. The molecule has 0 aromatic heterocycles. The molecule has 0 amide bonds. The van der Waals surface area contributed by atoms with E-state index in [0.717, 1.165) is 61.3 Å². The molecule has 9 heteroatoms. The average Bonchev–Trinajstić information content (AvgIpc) is 3.84. The molecule has 0 atom stereocenters. The molecule has 0 bridgehead atoms. The smallest absolute Gasteiger partial charge is 0.0378 e. The standard InChI is InChI=1S/C6H10N2.4C6H9N.C3H8.C3H6.C2H5N.C2H6O.C2H6S/c1-5-3-4-6(2)8-7-5;2*1-5-3-6(2)7-4-5;2*1-5-3-4-6(2)7-5;5*1-3-2/h3-4H2,1-2H3;2*4H,3H2,1-2H3;2*3H,4H2,1-2H3;3H2,1-2H3;3H,1H2,2H3;1H2,2H3;2*1-2H3. The van der Waals surface area contributed by atoms with E-state index in [4.69, 9.17) is 0 Å². The van der Waals surface area contributed by atoms with Crippen LogP contribution in [0.4, 0.5) is 0 Å². The van der Waals surface area contributed by atoms with Crippen molar-refractivity contribution in [3.63, 3.8) is 0 Å². The monoisotopic (exact) mass is 728 g/mol. The van der Waals surface area contributed by atoms with Gasteiger partial charge in [-0.15, -0.1) is 6.58 Å². The summed E-state index contributed by atoms with van der Waals surface area (Å²) < 4.78 is 4.25. The number of aliphatic imine (C=N–C) groups is 5. The third kappa shape index (κ3) is 51.2. The van der Waals surface area contributed by atoms with E-state index < -0.39 is 0 Å². The van der Waals surface area contributed by atoms with Gasteiger partial charge in [0, 0.05) is 105 Å². The third-order valence-electron chi connectivity index (χ3n) is 5.44. The Morgan fingerprint density at radius 3 is 1.02 bits per heavy atom. The highest BCUT2D eigenvalue weighted by molar-refractivity contribution is 7.97. The van der Waals surface area contributed by atoms with Crippen LogP contribution in [0, 0.1) is 0 Å². The SMILES string of the molecule is C=CC.C=NC.CC1=CCC(C)=N1.CC1=CCC(C)=N1.CC1=CN=C(C)C1.CC1=CN=C(C)C1.CC1=NN=C(C)CC1.CCC.COC.CSC. The van der Waals surface area contributed by atoms with Gasteiger partial charge in [0.15, 0.2) is 0 Å². The van der Waals surface area contributed by atoms with Gasteiger partial charge in [-0.1, -0.05) is 38.5 Å². The summed E-state index contributed by atoms with van der Waals surface area (Å²) in [5.41, 5.74) is 12.3. The van der Waals surface area contributed by atoms with Gasteiger partial charge in [-0.25, -0.2) is 0 Å². The maximum atomic E-state index is 4.25. The van der Waals surface area contributed by atoms with Crippen LogP contribution in [0.3, 0.4) is 0 Å². The van der Waals surface area contributed by atoms with E-state index in [2.05, 4.69) is 93.0 Å². The van der Waals surface area contributed by atoms with E-state index in [9.17, 15) is 0 Å². The quantitative estimate of drug-likeness (QED) is 0.183. The van der Waals surface area contributed by atoms with Crippen LogP contribution in [0.1, 0.15) is 135 Å². The van der Waals surface area contributed by atoms with Crippen molar-refractivity contribution in [2.24, 2.45) is 35.2 Å². The van der Waals surface area contributed by atoms with Gasteiger partial charge in [0.05, 0.1) is 0 Å². The summed E-state index contributed by atoms with van der Waals surface area (Å²) in [6.45, 7) is 33.1. The lowest BCUT2D eigenvalue weighted by Gasteiger charge is -2.02. The second kappa shape index (κ2) is 42.9. The molecule has 5 rings (SSSR count). The first kappa shape index (κ1) is 57.1. The summed E-state index contributed by atoms with van der Waals surface area (Å²) in [6, 6.07) is 0. The molecular formula is C42H77N7OS. The maximum Gasteiger partial charge on any atom is 0.0378 e. The Morgan fingerprint density at radius 2 is 0.941 bits per heavy atom. The minimum Gasteiger partial charge on any atom is -0.388 e. The first-order valence-electron chi connectivity index (χ1n) is 17.6. The largest absolute Gasteiger partial charge is 0.388 e. The zero-order valence-corrected chi connectivity index (χ0v) is 37.0. The first-order chi connectivity index (χ1) is 24.0. The van der Waals surface area contributed by atoms with Crippen molar-refractivity contribution in [1.82, 2.24) is 0 Å². The average molecular weight is 728 g/mol. The Bertz CT molecular complexity index is 1100. The molecule has 0 saturated carbocycles. The van der Waals surface area contributed by atoms with Crippen molar-refractivity contribution in [3.8, 4) is 0 Å². The van der Waals surface area contributed by atoms with E-state index in [1.165, 1.54) is 40.4 Å². The molecule has 5 heterocycles. The topological polar surface area (TPSA) is 95.8 Å². The summed E-state index contributed by atoms with van der Waals surface area (Å²) in [7, 11) is 4.89. The Kier molecular flexibility index (Phi) is 48.0. The van der Waals surface area contributed by atoms with Crippen LogP contribution in [-0.2, 0) is 4.74 Å². The molecule has 51 heavy (non-hydrogen) atoms. The number of allylic oxidation sites excluding steroid dienone is 7. The number of nitrogens with zero attached hydrogens (tertiary/aromatic N) is 7. The van der Waals surface area contributed by atoms with Gasteiger partial charge in [0.2, 0.25) is 0 Å². The third-order valence-corrected chi connectivity index (χ3v) is 5.44. The predicted molar refractivity (Wildman–Crippen MR) is 241 cm³/mol. The number of hydrogen-bond donors (Lipinski definition) is 0. The fourth-order valence-corrected chi connectivity index (χ4v) is 3.44. The fraction of sp³-hybridized carbons (Fsp3) is 0.595. The molecule has 0 aliphatic carbocycles. The molecule has 0 aromatic carbocycles. The van der Waals surface area contributed by atoms with Crippen LogP contribution in [0.2, 0.25) is 0 Å². The van der Waals surface area contributed by atoms with Crippen molar-refractivity contribution in [2.75, 3.05) is 33.8 Å². The lowest BCUT2D eigenvalue weighted by Crippen LogP contribution is -2.02. The van der Waals surface area contributed by atoms with Gasteiger partial charge in [0.1, 0.15) is 0 Å². The summed E-state index contributed by atoms with van der Waals surface area (Å²) in [5.74, 6) is 0. The number of rotatable bonds is 0. The number of ether oxygens (including phenoxy) is 1. The molecule has 0 fully saturated rings. The Labute approximate surface area is 320 Å². The lowest BCUT2D eigenvalue weighted by molar-refractivity contribution is 0.277. The van der Waals surface area contributed by atoms with Crippen molar-refractivity contribution < 1.29 is 4.74 Å². The number of hydrogen-bond acceptors (Lipinski definition) is 9. The molecule has 0 spiro atoms. The van der Waals surface area contributed by atoms with Crippen LogP contribution >= 0.6 is 11.8 Å². The van der Waals surface area contributed by atoms with Crippen molar-refractivity contribution in [2.45, 2.75) is 135 Å². The number of thioether (sulfide) groups is 1. The van der Waals surface area contributed by atoms with E-state index in [1.54, 1.807) is 39.1 Å². The lowest BCUT2D eigenvalue weighted by atomic mass is 10.1. The Hall–Kier alpha value is -3.30. The van der Waals surface area contributed by atoms with Crippen LogP contribution in [0.25, 0.3) is 0 Å². The Balaban J connectivity index is -0.000000158. The summed E-state index contributed by atoms with van der Waals surface area (Å²) in [4.78, 5) is 19.7. The van der Waals surface area contributed by atoms with E-state index in [0.29, 0.717) is 0 Å². The van der Waals surface area contributed by atoms with Gasteiger partial charge < -0.3 is 9.73 Å². The van der Waals surface area contributed by atoms with Crippen LogP contribution < -0.4 is 0 Å². The van der Waals surface area contributed by atoms with Crippen molar-refractivity contribution in [3.05, 3.63) is 59.7 Å². The highest BCUT2D eigenvalue weighted by Gasteiger charge is 2.00. The molecule has 5 aliphatic heterocycles. The van der Waals surface area contributed by atoms with Crippen molar-refractivity contribution >= 4 is 52.7 Å².